The number of fused-ring (bicyclic) bond motifs is 3. The molecule has 0 spiro atoms. The third-order valence-electron chi connectivity index (χ3n) is 13.1. The smallest absolute Gasteiger partial charge is 0.0702 e. The summed E-state index contributed by atoms with van der Waals surface area (Å²) in [6.07, 6.45) is 0. The third-order valence-corrected chi connectivity index (χ3v) is 13.1. The van der Waals surface area contributed by atoms with Gasteiger partial charge in [-0.15, -0.1) is 0 Å². The number of aromatic nitrogens is 1. The van der Waals surface area contributed by atoms with Crippen molar-refractivity contribution >= 4 is 90.1 Å². The van der Waals surface area contributed by atoms with Gasteiger partial charge in [-0.2, -0.15) is 0 Å². The molecular weight excluding hydrogens is 863 g/mol. The molecule has 12 aromatic rings. The van der Waals surface area contributed by atoms with Gasteiger partial charge in [-0.1, -0.05) is 152 Å². The van der Waals surface area contributed by atoms with Gasteiger partial charge in [0.05, 0.1) is 33.8 Å². The van der Waals surface area contributed by atoms with Crippen LogP contribution in [0.3, 0.4) is 0 Å². The lowest BCUT2D eigenvalue weighted by molar-refractivity contribution is 1.18. The molecular formula is C66H49N5. The Balaban J connectivity index is 1.09. The maximum absolute atomic E-state index is 2.40. The minimum atomic E-state index is 1.04. The lowest BCUT2D eigenvalue weighted by Gasteiger charge is -2.33. The molecule has 1 aromatic heterocycles. The Morgan fingerprint density at radius 3 is 0.690 bits per heavy atom. The van der Waals surface area contributed by atoms with Crippen molar-refractivity contribution in [3.05, 3.63) is 297 Å². The zero-order valence-corrected chi connectivity index (χ0v) is 39.0. The Hall–Kier alpha value is -9.58. The summed E-state index contributed by atoms with van der Waals surface area (Å²) >= 11 is 0. The van der Waals surface area contributed by atoms with Gasteiger partial charge in [0.2, 0.25) is 0 Å². The first-order chi connectivity index (χ1) is 35.3. The highest BCUT2D eigenvalue weighted by atomic mass is 15.2. The molecule has 0 amide bonds. The van der Waals surface area contributed by atoms with Crippen LogP contribution in [0.5, 0.6) is 0 Å². The van der Waals surface area contributed by atoms with E-state index in [9.17, 15) is 0 Å². The van der Waals surface area contributed by atoms with E-state index in [4.69, 9.17) is 0 Å². The molecule has 0 aliphatic carbocycles. The topological polar surface area (TPSA) is 17.9 Å². The monoisotopic (exact) mass is 911 g/mol. The lowest BCUT2D eigenvalue weighted by atomic mass is 10.1. The number of nitrogens with zero attached hydrogens (tertiary/aromatic N) is 5. The first-order valence-corrected chi connectivity index (χ1v) is 24.1. The second kappa shape index (κ2) is 19.2. The first kappa shape index (κ1) is 42.8. The second-order valence-electron chi connectivity index (χ2n) is 17.4. The lowest BCUT2D eigenvalue weighted by Crippen LogP contribution is -2.17. The quantitative estimate of drug-likeness (QED) is 0.115. The number of benzene rings is 11. The van der Waals surface area contributed by atoms with Crippen molar-refractivity contribution in [3.8, 4) is 5.69 Å². The number of anilines is 12. The molecule has 0 bridgehead atoms. The minimum Gasteiger partial charge on any atom is -0.309 e. The molecule has 0 atom stereocenters. The Kier molecular flexibility index (Phi) is 11.6. The maximum atomic E-state index is 2.40. The highest BCUT2D eigenvalue weighted by Gasteiger charge is 2.26. The van der Waals surface area contributed by atoms with E-state index < -0.39 is 0 Å². The van der Waals surface area contributed by atoms with Crippen LogP contribution in [0.1, 0.15) is 0 Å². The van der Waals surface area contributed by atoms with E-state index in [1.165, 1.54) is 0 Å². The van der Waals surface area contributed by atoms with Crippen molar-refractivity contribution in [1.29, 1.82) is 0 Å². The highest BCUT2D eigenvalue weighted by Crippen LogP contribution is 2.49. The van der Waals surface area contributed by atoms with E-state index in [1.807, 2.05) is 0 Å². The molecule has 0 aliphatic heterocycles. The van der Waals surface area contributed by atoms with E-state index in [2.05, 4.69) is 321 Å². The summed E-state index contributed by atoms with van der Waals surface area (Å²) < 4.78 is 2.40. The van der Waals surface area contributed by atoms with Crippen LogP contribution >= 0.6 is 0 Å². The van der Waals surface area contributed by atoms with E-state index >= 15 is 0 Å². The van der Waals surface area contributed by atoms with Gasteiger partial charge < -0.3 is 24.2 Å². The molecule has 11 aromatic carbocycles. The zero-order chi connectivity index (χ0) is 47.3. The van der Waals surface area contributed by atoms with Gasteiger partial charge in [0.25, 0.3) is 0 Å². The summed E-state index contributed by atoms with van der Waals surface area (Å²) in [7, 11) is 0. The molecule has 338 valence electrons. The van der Waals surface area contributed by atoms with Crippen molar-refractivity contribution < 1.29 is 0 Å². The highest BCUT2D eigenvalue weighted by molar-refractivity contribution is 6.12. The zero-order valence-electron chi connectivity index (χ0n) is 39.0. The van der Waals surface area contributed by atoms with E-state index in [-0.39, 0.29) is 0 Å². The fourth-order valence-electron chi connectivity index (χ4n) is 9.99. The minimum absolute atomic E-state index is 1.04. The van der Waals surface area contributed by atoms with Gasteiger partial charge in [0.1, 0.15) is 0 Å². The molecule has 0 fully saturated rings. The van der Waals surface area contributed by atoms with Crippen molar-refractivity contribution in [1.82, 2.24) is 4.57 Å². The SMILES string of the molecule is c1ccc(N(c2ccccc2)c2ccccc2N(c2ccccc2)c2ccc3c(c2)c2cc(N(c4ccccc4)c4ccccc4N(c4ccccc4)c4ccccc4)ccc2n3-c2ccccc2)cc1. The Morgan fingerprint density at radius 2 is 0.423 bits per heavy atom. The molecule has 0 N–H and O–H groups in total. The van der Waals surface area contributed by atoms with E-state index in [0.29, 0.717) is 0 Å². The van der Waals surface area contributed by atoms with E-state index in [1.54, 1.807) is 0 Å². The Labute approximate surface area is 415 Å². The molecule has 0 saturated heterocycles. The molecule has 0 saturated carbocycles. The molecule has 5 heteroatoms. The summed E-state index contributed by atoms with van der Waals surface area (Å²) in [5.41, 5.74) is 16.1. The number of para-hydroxylation sites is 11. The van der Waals surface area contributed by atoms with Crippen molar-refractivity contribution in [2.24, 2.45) is 0 Å². The van der Waals surface area contributed by atoms with Crippen LogP contribution in [-0.2, 0) is 0 Å². The number of rotatable bonds is 13. The predicted molar refractivity (Wildman–Crippen MR) is 300 cm³/mol. The summed E-state index contributed by atoms with van der Waals surface area (Å²) in [5.74, 6) is 0. The summed E-state index contributed by atoms with van der Waals surface area (Å²) in [5, 5.41) is 2.28. The van der Waals surface area contributed by atoms with Crippen molar-refractivity contribution in [2.75, 3.05) is 19.6 Å². The van der Waals surface area contributed by atoms with Gasteiger partial charge in [-0.3, -0.25) is 0 Å². The Morgan fingerprint density at radius 1 is 0.197 bits per heavy atom. The van der Waals surface area contributed by atoms with Gasteiger partial charge in [0, 0.05) is 62.0 Å². The number of hydrogen-bond acceptors (Lipinski definition) is 4. The van der Waals surface area contributed by atoms with Crippen LogP contribution in [0.4, 0.5) is 68.2 Å². The predicted octanol–water partition coefficient (Wildman–Crippen LogP) is 18.7. The average Bonchev–Trinajstić information content (AvgIpc) is 3.77. The summed E-state index contributed by atoms with van der Waals surface area (Å²) in [6, 6.07) is 106. The number of hydrogen-bond donors (Lipinski definition) is 0. The average molecular weight is 912 g/mol. The molecule has 0 aliphatic rings. The second-order valence-corrected chi connectivity index (χ2v) is 17.4. The molecule has 5 nitrogen and oxygen atoms in total. The summed E-state index contributed by atoms with van der Waals surface area (Å²) in [6.45, 7) is 0. The Bertz CT molecular complexity index is 3390. The van der Waals surface area contributed by atoms with Gasteiger partial charge in [-0.25, -0.2) is 0 Å². The van der Waals surface area contributed by atoms with Gasteiger partial charge in [0.15, 0.2) is 0 Å². The fourth-order valence-corrected chi connectivity index (χ4v) is 9.99. The van der Waals surface area contributed by atoms with E-state index in [0.717, 1.165) is 95.7 Å². The van der Waals surface area contributed by atoms with Crippen LogP contribution in [0, 0.1) is 0 Å². The first-order valence-electron chi connectivity index (χ1n) is 24.1. The summed E-state index contributed by atoms with van der Waals surface area (Å²) in [4.78, 5) is 9.50. The molecule has 1 heterocycles. The van der Waals surface area contributed by atoms with Crippen LogP contribution in [-0.4, -0.2) is 4.57 Å². The van der Waals surface area contributed by atoms with Crippen LogP contribution in [0.25, 0.3) is 27.5 Å². The normalized spacial score (nSPS) is 11.1. The van der Waals surface area contributed by atoms with Gasteiger partial charge >= 0.3 is 0 Å². The standard InChI is InChI=1S/C66H49N5/c1-8-26-50(27-9-1)67(51-28-10-2-11-29-51)63-40-22-24-42-65(63)69(54-34-16-5-17-35-54)57-44-46-61-59(48-57)60-49-58(45-47-62(60)71(61)56-38-20-7-21-39-56)70(55-36-18-6-19-37-55)66-43-25-23-41-64(66)68(52-30-12-3-13-31-52)53-32-14-4-15-33-53/h1-49H. The van der Waals surface area contributed by atoms with Crippen molar-refractivity contribution in [2.45, 2.75) is 0 Å². The molecule has 71 heavy (non-hydrogen) atoms. The van der Waals surface area contributed by atoms with Crippen LogP contribution in [0.2, 0.25) is 0 Å². The van der Waals surface area contributed by atoms with Gasteiger partial charge in [-0.05, 0) is 146 Å². The molecule has 0 unspecified atom stereocenters. The van der Waals surface area contributed by atoms with Crippen molar-refractivity contribution in [3.63, 3.8) is 0 Å². The fraction of sp³-hybridized carbons (Fsp3) is 0. The molecule has 12 rings (SSSR count). The van der Waals surface area contributed by atoms with Crippen LogP contribution < -0.4 is 19.6 Å². The van der Waals surface area contributed by atoms with Crippen LogP contribution in [0.15, 0.2) is 297 Å². The maximum Gasteiger partial charge on any atom is 0.0702 e. The third kappa shape index (κ3) is 8.22. The molecule has 0 radical (unpaired) electrons. The largest absolute Gasteiger partial charge is 0.309 e.